The zero-order valence-electron chi connectivity index (χ0n) is 33.0. The SMILES string of the molecule is C[C]1[C](C)[C](C)[C](C)[C]1C.C[C]1[C](C)[C](C)[C](C)[C]1C.C[C]1[C](C)[C](C)[C](C)[C]1C.C[C]1[C](C)[C](C)[C](C)[C]1C.[Fe].[SH-].[SH-].[S]=[Nb].[S]=[Nb]. The summed E-state index contributed by atoms with van der Waals surface area (Å²) >= 11 is 2.67. The predicted molar refractivity (Wildman–Crippen MR) is 211 cm³/mol. The van der Waals surface area contributed by atoms with Crippen LogP contribution in [0.2, 0.25) is 0 Å². The van der Waals surface area contributed by atoms with Crippen molar-refractivity contribution in [2.75, 3.05) is 0 Å². The zero-order chi connectivity index (χ0) is 35.5. The first-order valence-electron chi connectivity index (χ1n) is 15.4. The third-order valence-electron chi connectivity index (χ3n) is 11.2. The topological polar surface area (TPSA) is 0 Å². The van der Waals surface area contributed by atoms with Crippen LogP contribution in [0.25, 0.3) is 0 Å². The van der Waals surface area contributed by atoms with Crippen LogP contribution in [-0.2, 0) is 82.4 Å². The molecule has 266 valence electrons. The predicted octanol–water partition coefficient (Wildman–Crippen LogP) is 12.6. The Hall–Kier alpha value is 3.14. The Balaban J connectivity index is -0.000000158. The fraction of sp³-hybridized carbons (Fsp3) is 0.500. The fourth-order valence-electron chi connectivity index (χ4n) is 5.62. The van der Waals surface area contributed by atoms with Gasteiger partial charge in [-0.15, -0.1) is 0 Å². The molecule has 0 heterocycles. The molecule has 0 nitrogen and oxygen atoms in total. The van der Waals surface area contributed by atoms with Crippen molar-refractivity contribution in [3.63, 3.8) is 0 Å². The molecule has 20 radical (unpaired) electrons. The molecule has 0 aromatic carbocycles. The van der Waals surface area contributed by atoms with Crippen molar-refractivity contribution < 1.29 is 55.4 Å². The molecule has 0 N–H and O–H groups in total. The molecule has 0 bridgehead atoms. The van der Waals surface area contributed by atoms with E-state index in [9.17, 15) is 0 Å². The van der Waals surface area contributed by atoms with E-state index in [1.165, 1.54) is 157 Å². The fourth-order valence-corrected chi connectivity index (χ4v) is 5.62. The van der Waals surface area contributed by atoms with Crippen LogP contribution in [0.5, 0.6) is 0 Å². The van der Waals surface area contributed by atoms with Crippen LogP contribution in [0, 0.1) is 118 Å². The molecule has 47 heavy (non-hydrogen) atoms. The summed E-state index contributed by atoms with van der Waals surface area (Å²) in [5, 5.41) is 0. The van der Waals surface area contributed by atoms with Crippen molar-refractivity contribution in [2.45, 2.75) is 138 Å². The standard InChI is InChI=1S/4C10H15.Fe.2Nb.2H2S.2S/c4*1-6-7(2)9(4)10(5)8(6)3;;;;;;;/h4*1-5H3;;;;2*1H2;;/p-2. The van der Waals surface area contributed by atoms with Crippen molar-refractivity contribution >= 4 is 46.1 Å². The van der Waals surface area contributed by atoms with Crippen LogP contribution in [0.15, 0.2) is 0 Å². The summed E-state index contributed by atoms with van der Waals surface area (Å²) in [5.74, 6) is 29.4. The molecule has 4 saturated carbocycles. The molecule has 4 aliphatic carbocycles. The van der Waals surface area contributed by atoms with Crippen molar-refractivity contribution in [1.82, 2.24) is 0 Å². The van der Waals surface area contributed by atoms with Gasteiger partial charge in [-0.1, -0.05) is 138 Å². The molecule has 0 aliphatic heterocycles. The Morgan fingerprint density at radius 2 is 0.213 bits per heavy atom. The van der Waals surface area contributed by atoms with Gasteiger partial charge in [0.25, 0.3) is 0 Å². The summed E-state index contributed by atoms with van der Waals surface area (Å²) in [7, 11) is 8.27. The maximum absolute atomic E-state index is 4.13. The second kappa shape index (κ2) is 28.6. The van der Waals surface area contributed by atoms with E-state index in [4.69, 9.17) is 0 Å². The summed E-state index contributed by atoms with van der Waals surface area (Å²) in [4.78, 5) is 0. The Morgan fingerprint density at radius 1 is 0.191 bits per heavy atom. The molecule has 0 saturated heterocycles. The molecule has 4 fully saturated rings. The zero-order valence-corrected chi connectivity index (χ0v) is 41.9. The van der Waals surface area contributed by atoms with Crippen molar-refractivity contribution in [1.29, 1.82) is 0 Å². The van der Waals surface area contributed by atoms with Crippen LogP contribution in [0.4, 0.5) is 0 Å². The molecule has 0 spiro atoms. The summed E-state index contributed by atoms with van der Waals surface area (Å²) in [6, 6.07) is 0. The quantitative estimate of drug-likeness (QED) is 0.135. The van der Waals surface area contributed by atoms with Crippen LogP contribution in [0.3, 0.4) is 0 Å². The molecule has 7 heteroatoms. The third kappa shape index (κ3) is 15.8. The van der Waals surface area contributed by atoms with Crippen LogP contribution < -0.4 is 0 Å². The van der Waals surface area contributed by atoms with Gasteiger partial charge in [0.1, 0.15) is 0 Å². The van der Waals surface area contributed by atoms with Gasteiger partial charge in [-0.3, -0.25) is 0 Å². The Bertz CT molecular complexity index is 475. The molecule has 0 aromatic rings. The first kappa shape index (κ1) is 59.4. The van der Waals surface area contributed by atoms with E-state index in [-0.39, 0.29) is 44.1 Å². The number of hydrogen-bond acceptors (Lipinski definition) is 4. The van der Waals surface area contributed by atoms with E-state index in [2.05, 4.69) is 158 Å². The van der Waals surface area contributed by atoms with E-state index < -0.39 is 0 Å². The minimum atomic E-state index is 0. The third-order valence-corrected chi connectivity index (χ3v) is 11.2. The number of thiol groups is 2. The molecule has 0 atom stereocenters. The van der Waals surface area contributed by atoms with Crippen molar-refractivity contribution in [3.8, 4) is 0 Å². The van der Waals surface area contributed by atoms with Crippen molar-refractivity contribution in [2.24, 2.45) is 0 Å². The maximum atomic E-state index is 4.13. The first-order valence-corrected chi connectivity index (χ1v) is 21.5. The van der Waals surface area contributed by atoms with Crippen molar-refractivity contribution in [3.05, 3.63) is 118 Å². The monoisotopic (exact) mass is 912 g/mol. The number of hydrogen-bond donors (Lipinski definition) is 0. The molecular weight excluding hydrogens is 850 g/mol. The minimum absolute atomic E-state index is 0. The van der Waals surface area contributed by atoms with Gasteiger partial charge in [0.15, 0.2) is 0 Å². The summed E-state index contributed by atoms with van der Waals surface area (Å²) < 4.78 is 0. The van der Waals surface area contributed by atoms with Gasteiger partial charge in [0, 0.05) is 17.1 Å². The van der Waals surface area contributed by atoms with Gasteiger partial charge in [-0.2, -0.15) is 0 Å². The molecule has 4 aliphatic rings. The Labute approximate surface area is 354 Å². The van der Waals surface area contributed by atoms with Crippen LogP contribution in [0.1, 0.15) is 138 Å². The van der Waals surface area contributed by atoms with Gasteiger partial charge >= 0.3 is 57.5 Å². The summed E-state index contributed by atoms with van der Waals surface area (Å²) in [6.45, 7) is 44.0. The first-order chi connectivity index (χ1) is 20.2. The summed E-state index contributed by atoms with van der Waals surface area (Å²) in [6.07, 6.45) is 0. The van der Waals surface area contributed by atoms with E-state index in [0.717, 1.165) is 0 Å². The van der Waals surface area contributed by atoms with E-state index in [1.54, 1.807) is 0 Å². The van der Waals surface area contributed by atoms with Gasteiger partial charge < -0.3 is 27.0 Å². The molecule has 0 aromatic heterocycles. The molecule has 0 amide bonds. The second-order valence-corrected chi connectivity index (χ2v) is 12.5. The number of rotatable bonds is 0. The Kier molecular flexibility index (Phi) is 36.1. The molecular formula is C40H62FeNb2S4-2. The Morgan fingerprint density at radius 3 is 0.234 bits per heavy atom. The van der Waals surface area contributed by atoms with E-state index in [0.29, 0.717) is 0 Å². The average Bonchev–Trinajstić information content (AvgIpc) is 3.47. The summed E-state index contributed by atoms with van der Waals surface area (Å²) in [5.41, 5.74) is 0. The normalized spacial score (nSPS) is 24.4. The van der Waals surface area contributed by atoms with Crippen LogP contribution >= 0.6 is 19.2 Å². The van der Waals surface area contributed by atoms with Gasteiger partial charge in [-0.25, -0.2) is 0 Å². The van der Waals surface area contributed by atoms with Gasteiger partial charge in [0.05, 0.1) is 0 Å². The van der Waals surface area contributed by atoms with Gasteiger partial charge in [-0.05, 0) is 118 Å². The second-order valence-electron chi connectivity index (χ2n) is 12.5. The van der Waals surface area contributed by atoms with Crippen LogP contribution in [-0.4, -0.2) is 0 Å². The van der Waals surface area contributed by atoms with E-state index in [1.807, 2.05) is 0 Å². The molecule has 0 unspecified atom stereocenters. The van der Waals surface area contributed by atoms with Gasteiger partial charge in [0.2, 0.25) is 0 Å². The average molecular weight is 913 g/mol. The van der Waals surface area contributed by atoms with E-state index >= 15 is 0 Å². The molecule has 4 rings (SSSR count).